The number of rotatable bonds is 21. The number of azo groups is 2. The molecule has 0 aromatic heterocycles. The molecule has 2 nitrogen and oxygen atoms in total. The SMILES string of the molecule is CCCCCCCCc1c(CC)cc(C=C[N+](C)=Nc2cc(CCCC)c(-c3ccccc3)c(-c3ccccc3)c2)cc1CCCCCC. The van der Waals surface area contributed by atoms with Gasteiger partial charge in [-0.1, -0.05) is 163 Å². The average Bonchev–Trinajstić information content (AvgIpc) is 3.13. The summed E-state index contributed by atoms with van der Waals surface area (Å²) >= 11 is 0. The summed E-state index contributed by atoms with van der Waals surface area (Å²) < 4.78 is 1.99. The van der Waals surface area contributed by atoms with Crippen LogP contribution >= 0.6 is 0 Å². The zero-order valence-corrected chi connectivity index (χ0v) is 31.4. The molecule has 0 radical (unpaired) electrons. The number of aryl methyl sites for hydroxylation is 3. The van der Waals surface area contributed by atoms with Gasteiger partial charge in [0.15, 0.2) is 13.2 Å². The second-order valence-electron chi connectivity index (χ2n) is 13.9. The fraction of sp³-hybridized carbons (Fsp3) is 0.447. The quantitative estimate of drug-likeness (QED) is 0.0482. The fourth-order valence-corrected chi connectivity index (χ4v) is 7.11. The molecule has 0 atom stereocenters. The van der Waals surface area contributed by atoms with E-state index in [1.54, 1.807) is 11.1 Å². The third-order valence-electron chi connectivity index (χ3n) is 9.83. The number of hydrogen-bond acceptors (Lipinski definition) is 1. The topological polar surface area (TPSA) is 15.4 Å². The van der Waals surface area contributed by atoms with Crippen molar-refractivity contribution in [2.24, 2.45) is 5.11 Å². The molecule has 49 heavy (non-hydrogen) atoms. The van der Waals surface area contributed by atoms with Crippen molar-refractivity contribution in [1.82, 2.24) is 0 Å². The summed E-state index contributed by atoms with van der Waals surface area (Å²) in [4.78, 5) is 0. The van der Waals surface area contributed by atoms with Crippen LogP contribution < -0.4 is 0 Å². The highest BCUT2D eigenvalue weighted by Gasteiger charge is 2.16. The maximum Gasteiger partial charge on any atom is 0.196 e. The first-order valence-electron chi connectivity index (χ1n) is 19.6. The first-order chi connectivity index (χ1) is 24.1. The van der Waals surface area contributed by atoms with E-state index in [1.165, 1.54) is 116 Å². The van der Waals surface area contributed by atoms with Crippen molar-refractivity contribution in [2.75, 3.05) is 7.05 Å². The molecule has 0 aliphatic heterocycles. The standard InChI is InChI=1S/C47H63N2/c1-6-10-13-15-16-24-31-45-39(9-4)34-38(35-42(45)30-19-14-11-7-2)32-33-49(5)48-44-36-43(25-12-8-3)47(41-28-22-18-23-29-41)46(37-44)40-26-20-17-21-27-40/h17-18,20-23,26-29,32-37H,6-16,19,24-25,30-31H2,1-5H3/q+1. The van der Waals surface area contributed by atoms with Gasteiger partial charge in [-0.25, -0.2) is 0 Å². The summed E-state index contributed by atoms with van der Waals surface area (Å²) in [5.41, 5.74) is 13.5. The van der Waals surface area contributed by atoms with Gasteiger partial charge in [0.1, 0.15) is 5.69 Å². The van der Waals surface area contributed by atoms with Gasteiger partial charge in [-0.05, 0) is 112 Å². The van der Waals surface area contributed by atoms with E-state index < -0.39 is 0 Å². The molecule has 0 heterocycles. The summed E-state index contributed by atoms with van der Waals surface area (Å²) in [5, 5.41) is 5.13. The molecule has 0 aliphatic rings. The summed E-state index contributed by atoms with van der Waals surface area (Å²) in [6.07, 6.45) is 24.6. The maximum absolute atomic E-state index is 5.13. The highest BCUT2D eigenvalue weighted by Crippen LogP contribution is 2.39. The molecule has 4 aromatic rings. The average molecular weight is 656 g/mol. The molecule has 0 saturated carbocycles. The van der Waals surface area contributed by atoms with Gasteiger partial charge in [-0.15, -0.1) is 0 Å². The van der Waals surface area contributed by atoms with Gasteiger partial charge in [0, 0.05) is 6.08 Å². The summed E-state index contributed by atoms with van der Waals surface area (Å²) in [7, 11) is 2.06. The molecule has 0 amide bonds. The van der Waals surface area contributed by atoms with Crippen LogP contribution in [0.5, 0.6) is 0 Å². The summed E-state index contributed by atoms with van der Waals surface area (Å²) in [6, 6.07) is 31.2. The third-order valence-corrected chi connectivity index (χ3v) is 9.83. The largest absolute Gasteiger partial charge is 0.196 e. The van der Waals surface area contributed by atoms with Crippen LogP contribution in [-0.2, 0) is 25.7 Å². The van der Waals surface area contributed by atoms with Crippen LogP contribution in [0.25, 0.3) is 28.3 Å². The molecule has 0 aliphatic carbocycles. The van der Waals surface area contributed by atoms with E-state index in [2.05, 4.69) is 132 Å². The second-order valence-corrected chi connectivity index (χ2v) is 13.9. The second kappa shape index (κ2) is 21.3. The Balaban J connectivity index is 1.66. The minimum atomic E-state index is 0.997. The van der Waals surface area contributed by atoms with Crippen LogP contribution in [0.2, 0.25) is 0 Å². The minimum absolute atomic E-state index is 0.997. The maximum atomic E-state index is 5.13. The normalized spacial score (nSPS) is 11.9. The minimum Gasteiger partial charge on any atom is -0.0934 e. The van der Waals surface area contributed by atoms with Crippen molar-refractivity contribution >= 4 is 11.8 Å². The first kappa shape index (κ1) is 38.0. The number of benzene rings is 4. The summed E-state index contributed by atoms with van der Waals surface area (Å²) in [6.45, 7) is 9.21. The lowest BCUT2D eigenvalue weighted by Gasteiger charge is -2.17. The molecule has 2 heteroatoms. The Hall–Kier alpha value is -3.78. The molecule has 0 fully saturated rings. The Bertz CT molecular complexity index is 1600. The molecule has 0 unspecified atom stereocenters. The highest BCUT2D eigenvalue weighted by molar-refractivity contribution is 5.87. The molecular formula is C47H63N2+. The molecule has 4 rings (SSSR count). The van der Waals surface area contributed by atoms with E-state index in [-0.39, 0.29) is 0 Å². The fourth-order valence-electron chi connectivity index (χ4n) is 7.11. The van der Waals surface area contributed by atoms with Gasteiger partial charge < -0.3 is 0 Å². The van der Waals surface area contributed by atoms with E-state index in [0.29, 0.717) is 0 Å². The molecule has 0 spiro atoms. The summed E-state index contributed by atoms with van der Waals surface area (Å²) in [5.74, 6) is 0. The van der Waals surface area contributed by atoms with E-state index in [1.807, 2.05) is 4.70 Å². The van der Waals surface area contributed by atoms with Crippen molar-refractivity contribution < 1.29 is 4.70 Å². The Morgan fingerprint density at radius 3 is 1.80 bits per heavy atom. The van der Waals surface area contributed by atoms with E-state index >= 15 is 0 Å². The zero-order valence-electron chi connectivity index (χ0n) is 31.4. The van der Waals surface area contributed by atoms with Gasteiger partial charge in [0.2, 0.25) is 0 Å². The van der Waals surface area contributed by atoms with Crippen LogP contribution in [0.3, 0.4) is 0 Å². The van der Waals surface area contributed by atoms with E-state index in [0.717, 1.165) is 31.4 Å². The van der Waals surface area contributed by atoms with Gasteiger partial charge in [0.05, 0.1) is 0 Å². The van der Waals surface area contributed by atoms with Crippen molar-refractivity contribution in [3.05, 3.63) is 119 Å². The molecule has 4 aromatic carbocycles. The van der Waals surface area contributed by atoms with Crippen LogP contribution in [0.1, 0.15) is 133 Å². The Morgan fingerprint density at radius 1 is 0.551 bits per heavy atom. The third kappa shape index (κ3) is 11.9. The van der Waals surface area contributed by atoms with Gasteiger partial charge in [-0.3, -0.25) is 0 Å². The van der Waals surface area contributed by atoms with Crippen molar-refractivity contribution in [3.63, 3.8) is 0 Å². The Labute approximate surface area is 299 Å². The highest BCUT2D eigenvalue weighted by atomic mass is 15.2. The lowest BCUT2D eigenvalue weighted by molar-refractivity contribution is -0.491. The Morgan fingerprint density at radius 2 is 1.12 bits per heavy atom. The first-order valence-corrected chi connectivity index (χ1v) is 19.6. The predicted octanol–water partition coefficient (Wildman–Crippen LogP) is 14.3. The van der Waals surface area contributed by atoms with Crippen LogP contribution in [0.15, 0.2) is 96.2 Å². The zero-order chi connectivity index (χ0) is 34.7. The Kier molecular flexibility index (Phi) is 16.6. The molecule has 0 bridgehead atoms. The molecular weight excluding hydrogens is 593 g/mol. The van der Waals surface area contributed by atoms with E-state index in [4.69, 9.17) is 5.11 Å². The molecule has 0 N–H and O–H groups in total. The van der Waals surface area contributed by atoms with Crippen LogP contribution in [-0.4, -0.2) is 11.7 Å². The molecule has 260 valence electrons. The number of hydrogen-bond donors (Lipinski definition) is 0. The lowest BCUT2D eigenvalue weighted by atomic mass is 9.88. The smallest absolute Gasteiger partial charge is 0.0934 e. The monoisotopic (exact) mass is 655 g/mol. The van der Waals surface area contributed by atoms with Crippen molar-refractivity contribution in [2.45, 2.75) is 130 Å². The van der Waals surface area contributed by atoms with Crippen molar-refractivity contribution in [3.8, 4) is 22.3 Å². The van der Waals surface area contributed by atoms with Gasteiger partial charge >= 0.3 is 0 Å². The molecule has 0 saturated heterocycles. The van der Waals surface area contributed by atoms with Gasteiger partial charge in [0.25, 0.3) is 0 Å². The van der Waals surface area contributed by atoms with Gasteiger partial charge in [-0.2, -0.15) is 0 Å². The van der Waals surface area contributed by atoms with Crippen molar-refractivity contribution in [1.29, 1.82) is 0 Å². The number of unbranched alkanes of at least 4 members (excludes halogenated alkanes) is 9. The van der Waals surface area contributed by atoms with Crippen LogP contribution in [0, 0.1) is 0 Å². The van der Waals surface area contributed by atoms with E-state index in [9.17, 15) is 0 Å². The lowest BCUT2D eigenvalue weighted by Crippen LogP contribution is -2.02. The predicted molar refractivity (Wildman–Crippen MR) is 214 cm³/mol. The number of nitrogens with zero attached hydrogens (tertiary/aromatic N) is 2. The van der Waals surface area contributed by atoms with Crippen LogP contribution in [0.4, 0.5) is 5.69 Å².